The summed E-state index contributed by atoms with van der Waals surface area (Å²) in [6.45, 7) is 12.8. The van der Waals surface area contributed by atoms with Gasteiger partial charge in [-0.25, -0.2) is 9.78 Å². The molecule has 1 aromatic carbocycles. The van der Waals surface area contributed by atoms with Crippen LogP contribution in [-0.2, 0) is 59.0 Å². The third-order valence-electron chi connectivity index (χ3n) is 17.3. The van der Waals surface area contributed by atoms with Gasteiger partial charge in [-0.2, -0.15) is 0 Å². The number of likely N-dealkylation sites (N-methyl/N-ethyl adjacent to an activating group) is 3. The van der Waals surface area contributed by atoms with Gasteiger partial charge in [-0.3, -0.25) is 57.7 Å². The topological polar surface area (TPSA) is 403 Å². The summed E-state index contributed by atoms with van der Waals surface area (Å²) < 4.78 is 17.2. The summed E-state index contributed by atoms with van der Waals surface area (Å²) in [6.07, 6.45) is -5.91. The van der Waals surface area contributed by atoms with E-state index >= 15 is 4.79 Å². The highest BCUT2D eigenvalue weighted by atomic mass is 32.1. The van der Waals surface area contributed by atoms with Gasteiger partial charge in [0, 0.05) is 110 Å². The van der Waals surface area contributed by atoms with Crippen LogP contribution in [0.1, 0.15) is 114 Å². The molecule has 0 radical (unpaired) electrons. The zero-order chi connectivity index (χ0) is 68.7. The molecule has 6 unspecified atom stereocenters. The van der Waals surface area contributed by atoms with Crippen LogP contribution in [0.15, 0.2) is 41.8 Å². The van der Waals surface area contributed by atoms with E-state index in [4.69, 9.17) is 19.9 Å². The lowest BCUT2D eigenvalue weighted by Gasteiger charge is -2.39. The molecule has 10 N–H and O–H groups in total. The Bertz CT molecular complexity index is 2990. The molecule has 30 nitrogen and oxygen atoms in total. The zero-order valence-electron chi connectivity index (χ0n) is 54.4. The number of nitrogens with one attached hydrogen (secondary N) is 4. The molecule has 11 amide bonds. The molecule has 93 heavy (non-hydrogen) atoms. The van der Waals surface area contributed by atoms with Gasteiger partial charge >= 0.3 is 12.0 Å². The summed E-state index contributed by atoms with van der Waals surface area (Å²) in [6, 6.07) is -0.615. The molecule has 1 aromatic heterocycles. The number of aliphatic hydroxyl groups is 4. The monoisotopic (exact) mass is 1320 g/mol. The van der Waals surface area contributed by atoms with Gasteiger partial charge in [-0.05, 0) is 61.8 Å². The minimum absolute atomic E-state index is 0.0181. The molecule has 514 valence electrons. The molecule has 4 aliphatic heterocycles. The van der Waals surface area contributed by atoms with E-state index in [1.807, 2.05) is 39.6 Å². The molecular formula is C62H92N12O18S. The first-order valence-electron chi connectivity index (χ1n) is 31.4. The van der Waals surface area contributed by atoms with Crippen molar-refractivity contribution in [1.29, 1.82) is 0 Å². The lowest BCUT2D eigenvalue weighted by atomic mass is 9.93. The van der Waals surface area contributed by atoms with Crippen LogP contribution < -0.4 is 31.7 Å². The summed E-state index contributed by atoms with van der Waals surface area (Å²) in [7, 11) is 4.78. The molecule has 3 fully saturated rings. The highest BCUT2D eigenvalue weighted by Crippen LogP contribution is 2.32. The molecule has 6 rings (SSSR count). The van der Waals surface area contributed by atoms with E-state index < -0.39 is 127 Å². The number of benzene rings is 1. The number of urea groups is 1. The Morgan fingerprint density at radius 3 is 2.03 bits per heavy atom. The molecule has 0 bridgehead atoms. The molecule has 0 saturated carbocycles. The van der Waals surface area contributed by atoms with Gasteiger partial charge < -0.3 is 81.2 Å². The second kappa shape index (κ2) is 33.9. The van der Waals surface area contributed by atoms with Crippen molar-refractivity contribution in [3.8, 4) is 5.75 Å². The second-order valence-corrected chi connectivity index (χ2v) is 25.7. The van der Waals surface area contributed by atoms with Crippen LogP contribution in [0.5, 0.6) is 5.75 Å². The number of ether oxygens (including phenoxy) is 3. The van der Waals surface area contributed by atoms with Crippen molar-refractivity contribution in [2.75, 3.05) is 73.6 Å². The van der Waals surface area contributed by atoms with Gasteiger partial charge in [0.15, 0.2) is 6.10 Å². The lowest BCUT2D eigenvalue weighted by Crippen LogP contribution is -2.60. The Kier molecular flexibility index (Phi) is 27.1. The molecule has 4 aliphatic rings. The maximum Gasteiger partial charge on any atom is 0.312 e. The number of carbonyl (C=O) groups is 11. The number of hydrogen-bond acceptors (Lipinski definition) is 21. The van der Waals surface area contributed by atoms with Crippen LogP contribution in [0.3, 0.4) is 0 Å². The molecule has 2 aromatic rings. The molecular weight excluding hydrogens is 1230 g/mol. The predicted octanol–water partition coefficient (Wildman–Crippen LogP) is -1.22. The number of piperazine rings is 1. The Hall–Kier alpha value is -7.68. The number of thiazole rings is 1. The summed E-state index contributed by atoms with van der Waals surface area (Å²) in [5.74, 6) is -6.09. The molecule has 0 spiro atoms. The number of primary amides is 1. The van der Waals surface area contributed by atoms with Gasteiger partial charge in [0.25, 0.3) is 17.7 Å². The zero-order valence-corrected chi connectivity index (χ0v) is 55.2. The number of rotatable bonds is 32. The third-order valence-corrected chi connectivity index (χ3v) is 18.3. The van der Waals surface area contributed by atoms with Crippen LogP contribution in [0.25, 0.3) is 0 Å². The van der Waals surface area contributed by atoms with E-state index in [9.17, 15) is 68.4 Å². The first-order chi connectivity index (χ1) is 44.0. The van der Waals surface area contributed by atoms with Crippen molar-refractivity contribution in [1.82, 2.24) is 55.7 Å². The van der Waals surface area contributed by atoms with E-state index in [-0.39, 0.29) is 130 Å². The maximum absolute atomic E-state index is 15.1. The molecule has 3 saturated heterocycles. The number of aliphatic hydroxyl groups excluding tert-OH is 4. The Morgan fingerprint density at radius 1 is 0.828 bits per heavy atom. The van der Waals surface area contributed by atoms with E-state index in [0.717, 1.165) is 21.1 Å². The Morgan fingerprint density at radius 2 is 1.46 bits per heavy atom. The van der Waals surface area contributed by atoms with Crippen molar-refractivity contribution in [3.05, 3.63) is 58.1 Å². The van der Waals surface area contributed by atoms with E-state index in [2.05, 4.69) is 26.3 Å². The number of carbonyl (C=O) groups excluding carboxylic acids is 11. The standard InChI is InChI=1S/C62H92N12O18S/c1-11-35(6)50(68-56(85)43-30-69(43)8)59(87)70(9)41(33(2)3)29-44(90-36(7)76)57-66-40(32-93-57)58(86)71(10)42(28-37-16-18-38(19-17-37)91-61-53(82)52(81)51(80)45(31-75)92-61)55(84)65-39(14-12-22-64-62(63)89)54(83)67-49(34(4)5)60(88)73-26-24-72(25-27-73)46(77)15-13-23-74-47(78)20-21-48(74)79/h16-21,32-35,39,41-45,49-53,61,75,80-82H,11-15,22-31H2,1-10H3,(H,65,84)(H,67,83)(H,68,85)(H3,63,64,89)/t35-,39-,41+,42-,43+,44+,45?,49-,50-,51?,52?,53?,61?,69?/m0/s1. The average Bonchev–Trinajstić information content (AvgIpc) is 1.82. The van der Waals surface area contributed by atoms with Crippen LogP contribution in [0.4, 0.5) is 4.79 Å². The molecule has 5 heterocycles. The normalized spacial score (nSPS) is 22.6. The molecule has 14 atom stereocenters. The minimum Gasteiger partial charge on any atom is -0.462 e. The number of amides is 11. The van der Waals surface area contributed by atoms with Gasteiger partial charge in [-0.15, -0.1) is 11.3 Å². The molecule has 31 heteroatoms. The highest BCUT2D eigenvalue weighted by molar-refractivity contribution is 7.09. The van der Waals surface area contributed by atoms with Gasteiger partial charge in [0.1, 0.15) is 71.1 Å². The smallest absolute Gasteiger partial charge is 0.312 e. The van der Waals surface area contributed by atoms with Crippen LogP contribution in [-0.4, -0.2) is 260 Å². The minimum atomic E-state index is -1.72. The first kappa shape index (κ1) is 74.4. The summed E-state index contributed by atoms with van der Waals surface area (Å²) >= 11 is 1.00. The average molecular weight is 1330 g/mol. The van der Waals surface area contributed by atoms with E-state index in [1.54, 1.807) is 30.7 Å². The summed E-state index contributed by atoms with van der Waals surface area (Å²) in [5.41, 5.74) is 5.61. The number of hydrogen-bond donors (Lipinski definition) is 9. The number of esters is 1. The SMILES string of the molecule is CC[C@H](C)[C@H](NC(=O)[C@H]1CN1C)C(=O)N(C)[C@H](C[C@@H](OC(C)=O)c1nc(C(=O)N(C)[C@@H](Cc2ccc(OC3OC(CO)C(O)C(O)C3O)cc2)C(=O)N[C@@H](CCCNC(N)=O)C(=O)N[C@H](C(=O)N2CCN(C(=O)CCCN3C(=O)C=CC3=O)CC2)C(C)C)cs1)C(C)C. The van der Waals surface area contributed by atoms with Crippen molar-refractivity contribution in [2.24, 2.45) is 23.5 Å². The van der Waals surface area contributed by atoms with E-state index in [1.165, 1.54) is 60.7 Å². The van der Waals surface area contributed by atoms with Crippen LogP contribution in [0.2, 0.25) is 0 Å². The van der Waals surface area contributed by atoms with Gasteiger partial charge in [0.05, 0.1) is 6.61 Å². The lowest BCUT2D eigenvalue weighted by molar-refractivity contribution is -0.277. The van der Waals surface area contributed by atoms with Crippen LogP contribution in [0, 0.1) is 17.8 Å². The summed E-state index contributed by atoms with van der Waals surface area (Å²) in [5, 5.41) is 53.7. The van der Waals surface area contributed by atoms with Crippen molar-refractivity contribution in [2.45, 2.75) is 166 Å². The van der Waals surface area contributed by atoms with Crippen molar-refractivity contribution < 1.29 is 87.4 Å². The van der Waals surface area contributed by atoms with Crippen LogP contribution >= 0.6 is 11.3 Å². The fraction of sp³-hybridized carbons (Fsp3) is 0.645. The van der Waals surface area contributed by atoms with Gasteiger partial charge in [-0.1, -0.05) is 60.1 Å². The predicted molar refractivity (Wildman–Crippen MR) is 335 cm³/mol. The van der Waals surface area contributed by atoms with Crippen molar-refractivity contribution >= 4 is 76.5 Å². The number of nitrogens with two attached hydrogens (primary N) is 1. The number of nitrogens with zero attached hydrogens (tertiary/aromatic N) is 7. The Balaban J connectivity index is 1.24. The summed E-state index contributed by atoms with van der Waals surface area (Å²) in [4.78, 5) is 161. The molecule has 0 aliphatic carbocycles. The number of aromatic nitrogens is 1. The number of imide groups is 1. The first-order valence-corrected chi connectivity index (χ1v) is 32.3. The third kappa shape index (κ3) is 19.9. The quantitative estimate of drug-likeness (QED) is 0.0179. The van der Waals surface area contributed by atoms with Crippen molar-refractivity contribution in [3.63, 3.8) is 0 Å². The fourth-order valence-electron chi connectivity index (χ4n) is 11.2. The van der Waals surface area contributed by atoms with Gasteiger partial charge in [0.2, 0.25) is 41.7 Å². The Labute approximate surface area is 544 Å². The maximum atomic E-state index is 15.1. The second-order valence-electron chi connectivity index (χ2n) is 24.8. The largest absolute Gasteiger partial charge is 0.462 e. The fourth-order valence-corrected chi connectivity index (χ4v) is 12.0. The highest BCUT2D eigenvalue weighted by Gasteiger charge is 2.46. The van der Waals surface area contributed by atoms with E-state index in [0.29, 0.717) is 18.5 Å².